The van der Waals surface area contributed by atoms with Crippen molar-refractivity contribution in [3.05, 3.63) is 10.6 Å². The van der Waals surface area contributed by atoms with Crippen molar-refractivity contribution in [2.75, 3.05) is 29.5 Å². The Labute approximate surface area is 111 Å². The number of carbonyl (C=O) groups is 1. The Hall–Kier alpha value is -0.550. The summed E-state index contributed by atoms with van der Waals surface area (Å²) in [7, 11) is 0. The molecule has 1 aromatic heterocycles. The molecule has 1 aromatic rings. The lowest BCUT2D eigenvalue weighted by Gasteiger charge is -2.25. The first-order valence-corrected chi connectivity index (χ1v) is 8.02. The first-order valence-electron chi connectivity index (χ1n) is 6.04. The van der Waals surface area contributed by atoms with Crippen LogP contribution in [0.25, 0.3) is 0 Å². The number of thiazole rings is 1. The zero-order valence-corrected chi connectivity index (χ0v) is 11.9. The summed E-state index contributed by atoms with van der Waals surface area (Å²) < 4.78 is 0. The maximum atomic E-state index is 11.1. The van der Waals surface area contributed by atoms with E-state index in [4.69, 9.17) is 0 Å². The van der Waals surface area contributed by atoms with Crippen LogP contribution in [-0.2, 0) is 0 Å². The van der Waals surface area contributed by atoms with Gasteiger partial charge in [-0.05, 0) is 12.3 Å². The maximum Gasteiger partial charge on any atom is 0.186 e. The Morgan fingerprint density at radius 2 is 2.18 bits per heavy atom. The molecule has 1 aliphatic heterocycles. The monoisotopic (exact) mass is 270 g/mol. The van der Waals surface area contributed by atoms with Crippen LogP contribution in [0.4, 0.5) is 5.13 Å². The van der Waals surface area contributed by atoms with Gasteiger partial charge in [-0.2, -0.15) is 11.8 Å². The van der Waals surface area contributed by atoms with E-state index in [1.54, 1.807) is 11.3 Å². The lowest BCUT2D eigenvalue weighted by Crippen LogP contribution is -2.32. The van der Waals surface area contributed by atoms with Crippen LogP contribution < -0.4 is 4.90 Å². The second kappa shape index (κ2) is 5.87. The van der Waals surface area contributed by atoms with Crippen molar-refractivity contribution >= 4 is 34.5 Å². The number of anilines is 1. The van der Waals surface area contributed by atoms with Crippen molar-refractivity contribution in [2.24, 2.45) is 0 Å². The third-order valence-electron chi connectivity index (χ3n) is 3.14. The largest absolute Gasteiger partial charge is 0.346 e. The Morgan fingerprint density at radius 1 is 1.47 bits per heavy atom. The summed E-state index contributed by atoms with van der Waals surface area (Å²) in [5.74, 6) is 2.70. The highest BCUT2D eigenvalue weighted by molar-refractivity contribution is 7.99. The Bertz CT molecular complexity index is 386. The average molecular weight is 270 g/mol. The first kappa shape index (κ1) is 12.9. The van der Waals surface area contributed by atoms with E-state index in [0.29, 0.717) is 5.92 Å². The highest BCUT2D eigenvalue weighted by Gasteiger charge is 2.20. The molecule has 5 heteroatoms. The predicted octanol–water partition coefficient (Wildman–Crippen LogP) is 3.02. The van der Waals surface area contributed by atoms with Gasteiger partial charge in [-0.1, -0.05) is 25.2 Å². The van der Waals surface area contributed by atoms with Crippen molar-refractivity contribution in [1.29, 1.82) is 0 Å². The molecule has 0 bridgehead atoms. The summed E-state index contributed by atoms with van der Waals surface area (Å²) in [5, 5.41) is 1.03. The number of aromatic nitrogens is 1. The minimum absolute atomic E-state index is 0.374. The lowest BCUT2D eigenvalue weighted by molar-refractivity contribution is 0.112. The molecular formula is C12H18N2OS2. The molecular weight excluding hydrogens is 252 g/mol. The minimum Gasteiger partial charge on any atom is -0.346 e. The SMILES string of the molecule is CCC(C)c1nc(N2CCSCC2)sc1C=O. The van der Waals surface area contributed by atoms with E-state index < -0.39 is 0 Å². The third kappa shape index (κ3) is 2.83. The summed E-state index contributed by atoms with van der Waals surface area (Å²) in [5.41, 5.74) is 0.987. The van der Waals surface area contributed by atoms with E-state index in [9.17, 15) is 4.79 Å². The molecule has 0 amide bonds. The molecule has 0 spiro atoms. The lowest BCUT2D eigenvalue weighted by atomic mass is 10.0. The number of nitrogens with zero attached hydrogens (tertiary/aromatic N) is 2. The van der Waals surface area contributed by atoms with Crippen LogP contribution in [0.2, 0.25) is 0 Å². The molecule has 0 aromatic carbocycles. The molecule has 1 atom stereocenters. The van der Waals surface area contributed by atoms with Gasteiger partial charge < -0.3 is 4.90 Å². The molecule has 94 valence electrons. The number of aldehydes is 1. The molecule has 1 saturated heterocycles. The molecule has 0 aliphatic carbocycles. The molecule has 0 saturated carbocycles. The predicted molar refractivity (Wildman–Crippen MR) is 75.7 cm³/mol. The summed E-state index contributed by atoms with van der Waals surface area (Å²) in [6.07, 6.45) is 1.99. The number of hydrogen-bond acceptors (Lipinski definition) is 5. The summed E-state index contributed by atoms with van der Waals surface area (Å²) in [6.45, 7) is 6.38. The van der Waals surface area contributed by atoms with Gasteiger partial charge in [0.15, 0.2) is 11.4 Å². The number of hydrogen-bond donors (Lipinski definition) is 0. The van der Waals surface area contributed by atoms with Crippen LogP contribution in [0, 0.1) is 0 Å². The number of rotatable bonds is 4. The van der Waals surface area contributed by atoms with E-state index in [1.165, 1.54) is 0 Å². The fraction of sp³-hybridized carbons (Fsp3) is 0.667. The van der Waals surface area contributed by atoms with Crippen LogP contribution in [0.15, 0.2) is 0 Å². The molecule has 2 heterocycles. The van der Waals surface area contributed by atoms with Crippen molar-refractivity contribution in [1.82, 2.24) is 4.98 Å². The maximum absolute atomic E-state index is 11.1. The molecule has 1 unspecified atom stereocenters. The van der Waals surface area contributed by atoms with E-state index in [0.717, 1.165) is 53.0 Å². The molecule has 1 fully saturated rings. The Balaban J connectivity index is 2.23. The van der Waals surface area contributed by atoms with E-state index in [2.05, 4.69) is 23.7 Å². The first-order chi connectivity index (χ1) is 8.26. The van der Waals surface area contributed by atoms with Gasteiger partial charge in [0.05, 0.1) is 10.6 Å². The second-order valence-corrected chi connectivity index (χ2v) is 6.51. The number of carbonyl (C=O) groups excluding carboxylic acids is 1. The summed E-state index contributed by atoms with van der Waals surface area (Å²) in [4.78, 5) is 18.9. The average Bonchev–Trinajstić information content (AvgIpc) is 2.83. The van der Waals surface area contributed by atoms with Crippen LogP contribution in [0.5, 0.6) is 0 Å². The summed E-state index contributed by atoms with van der Waals surface area (Å²) >= 11 is 3.53. The van der Waals surface area contributed by atoms with Crippen LogP contribution >= 0.6 is 23.1 Å². The van der Waals surface area contributed by atoms with Gasteiger partial charge in [-0.15, -0.1) is 0 Å². The van der Waals surface area contributed by atoms with Crippen LogP contribution in [0.3, 0.4) is 0 Å². The standard InChI is InChI=1S/C12H18N2OS2/c1-3-9(2)11-10(8-15)17-12(13-11)14-4-6-16-7-5-14/h8-9H,3-7H2,1-2H3. The Kier molecular flexibility index (Phi) is 4.45. The fourth-order valence-corrected chi connectivity index (χ4v) is 3.81. The topological polar surface area (TPSA) is 33.2 Å². The fourth-order valence-electron chi connectivity index (χ4n) is 1.85. The molecule has 3 nitrogen and oxygen atoms in total. The zero-order valence-electron chi connectivity index (χ0n) is 10.3. The van der Waals surface area contributed by atoms with Gasteiger partial charge in [-0.25, -0.2) is 4.98 Å². The third-order valence-corrected chi connectivity index (χ3v) is 5.14. The minimum atomic E-state index is 0.374. The van der Waals surface area contributed by atoms with Crippen LogP contribution in [0.1, 0.15) is 41.6 Å². The summed E-state index contributed by atoms with van der Waals surface area (Å²) in [6, 6.07) is 0. The van der Waals surface area contributed by atoms with Gasteiger partial charge in [-0.3, -0.25) is 4.79 Å². The van der Waals surface area contributed by atoms with Gasteiger partial charge in [0, 0.05) is 24.6 Å². The van der Waals surface area contributed by atoms with Gasteiger partial charge >= 0.3 is 0 Å². The highest BCUT2D eigenvalue weighted by atomic mass is 32.2. The van der Waals surface area contributed by atoms with Gasteiger partial charge in [0.1, 0.15) is 0 Å². The van der Waals surface area contributed by atoms with E-state index in [1.807, 2.05) is 11.8 Å². The van der Waals surface area contributed by atoms with E-state index in [-0.39, 0.29) is 0 Å². The highest BCUT2D eigenvalue weighted by Crippen LogP contribution is 2.32. The quantitative estimate of drug-likeness (QED) is 0.787. The van der Waals surface area contributed by atoms with Crippen molar-refractivity contribution in [2.45, 2.75) is 26.2 Å². The Morgan fingerprint density at radius 3 is 2.76 bits per heavy atom. The molecule has 0 N–H and O–H groups in total. The van der Waals surface area contributed by atoms with Crippen molar-refractivity contribution < 1.29 is 4.79 Å². The van der Waals surface area contributed by atoms with E-state index >= 15 is 0 Å². The van der Waals surface area contributed by atoms with Gasteiger partial charge in [0.2, 0.25) is 0 Å². The molecule has 2 rings (SSSR count). The normalized spacial score (nSPS) is 18.1. The smallest absolute Gasteiger partial charge is 0.186 e. The van der Waals surface area contributed by atoms with Crippen molar-refractivity contribution in [3.63, 3.8) is 0 Å². The van der Waals surface area contributed by atoms with Crippen LogP contribution in [-0.4, -0.2) is 35.9 Å². The molecule has 0 radical (unpaired) electrons. The van der Waals surface area contributed by atoms with Gasteiger partial charge in [0.25, 0.3) is 0 Å². The molecule has 17 heavy (non-hydrogen) atoms. The number of thioether (sulfide) groups is 1. The van der Waals surface area contributed by atoms with Crippen molar-refractivity contribution in [3.8, 4) is 0 Å². The molecule has 1 aliphatic rings. The zero-order chi connectivity index (χ0) is 12.3. The second-order valence-electron chi connectivity index (χ2n) is 4.27.